The minimum Gasteiger partial charge on any atom is -0.336 e. The second-order valence-electron chi connectivity index (χ2n) is 4.61. The van der Waals surface area contributed by atoms with Crippen LogP contribution in [0.5, 0.6) is 0 Å². The average Bonchev–Trinajstić information content (AvgIpc) is 2.84. The molecule has 0 aromatic heterocycles. The first-order chi connectivity index (χ1) is 8.74. The summed E-state index contributed by atoms with van der Waals surface area (Å²) in [6, 6.07) is 7.99. The Kier molecular flexibility index (Phi) is 5.07. The van der Waals surface area contributed by atoms with Crippen molar-refractivity contribution in [2.24, 2.45) is 0 Å². The van der Waals surface area contributed by atoms with Crippen molar-refractivity contribution >= 4 is 33.4 Å². The molecule has 1 heterocycles. The Balaban J connectivity index is 2.10. The largest absolute Gasteiger partial charge is 0.336 e. The Hall–Kier alpha value is -0.540. The van der Waals surface area contributed by atoms with Gasteiger partial charge in [-0.05, 0) is 53.7 Å². The number of carbonyl (C=O) groups excluding carboxylic acids is 1. The van der Waals surface area contributed by atoms with Gasteiger partial charge < -0.3 is 4.90 Å². The van der Waals surface area contributed by atoms with Gasteiger partial charge in [0.15, 0.2) is 0 Å². The fourth-order valence-electron chi connectivity index (χ4n) is 2.51. The molecule has 1 unspecified atom stereocenters. The minimum atomic E-state index is 0.138. The van der Waals surface area contributed by atoms with E-state index in [1.165, 1.54) is 0 Å². The van der Waals surface area contributed by atoms with Crippen LogP contribution in [0.25, 0.3) is 0 Å². The molecular weight excluding hydrogens is 314 g/mol. The summed E-state index contributed by atoms with van der Waals surface area (Å²) in [6.45, 7) is 0.868. The van der Waals surface area contributed by atoms with Crippen molar-refractivity contribution in [3.8, 4) is 0 Å². The van der Waals surface area contributed by atoms with Crippen molar-refractivity contribution in [3.63, 3.8) is 0 Å². The predicted molar refractivity (Wildman–Crippen MR) is 78.2 cm³/mol. The number of alkyl halides is 1. The lowest BCUT2D eigenvalue weighted by atomic mass is 10.1. The van der Waals surface area contributed by atoms with Crippen LogP contribution in [0.4, 0.5) is 0 Å². The second-order valence-corrected chi connectivity index (χ2v) is 5.84. The number of benzene rings is 1. The molecule has 0 spiro atoms. The van der Waals surface area contributed by atoms with Gasteiger partial charge in [-0.2, -0.15) is 0 Å². The normalized spacial score (nSPS) is 19.2. The highest BCUT2D eigenvalue weighted by molar-refractivity contribution is 9.10. The summed E-state index contributed by atoms with van der Waals surface area (Å²) in [5, 5.41) is 0. The maximum absolute atomic E-state index is 12.5. The molecule has 98 valence electrons. The second kappa shape index (κ2) is 6.58. The van der Waals surface area contributed by atoms with Crippen LogP contribution in [0.3, 0.4) is 0 Å². The lowest BCUT2D eigenvalue weighted by Gasteiger charge is -2.25. The lowest BCUT2D eigenvalue weighted by Crippen LogP contribution is -2.35. The van der Waals surface area contributed by atoms with Gasteiger partial charge in [0.1, 0.15) is 0 Å². The summed E-state index contributed by atoms with van der Waals surface area (Å²) in [4.78, 5) is 14.5. The molecule has 1 amide bonds. The van der Waals surface area contributed by atoms with Crippen LogP contribution in [0.1, 0.15) is 36.0 Å². The van der Waals surface area contributed by atoms with Crippen molar-refractivity contribution in [2.45, 2.75) is 31.7 Å². The van der Waals surface area contributed by atoms with Crippen LogP contribution >= 0.6 is 27.5 Å². The zero-order valence-electron chi connectivity index (χ0n) is 10.2. The molecule has 1 aromatic carbocycles. The molecule has 18 heavy (non-hydrogen) atoms. The Morgan fingerprint density at radius 2 is 2.22 bits per heavy atom. The summed E-state index contributed by atoms with van der Waals surface area (Å²) in [5.41, 5.74) is 0.760. The third-order valence-corrected chi connectivity index (χ3v) is 4.37. The van der Waals surface area contributed by atoms with Crippen LogP contribution in [0.15, 0.2) is 28.7 Å². The molecule has 1 aromatic rings. The molecule has 1 aliphatic rings. The minimum absolute atomic E-state index is 0.138. The van der Waals surface area contributed by atoms with E-state index in [1.807, 2.05) is 29.2 Å². The van der Waals surface area contributed by atoms with E-state index >= 15 is 0 Å². The van der Waals surface area contributed by atoms with Crippen LogP contribution in [-0.2, 0) is 0 Å². The molecule has 0 bridgehead atoms. The van der Waals surface area contributed by atoms with Crippen molar-refractivity contribution in [3.05, 3.63) is 34.3 Å². The lowest BCUT2D eigenvalue weighted by molar-refractivity contribution is 0.0729. The summed E-state index contributed by atoms with van der Waals surface area (Å²) in [7, 11) is 0. The molecule has 2 nitrogen and oxygen atoms in total. The first-order valence-corrected chi connectivity index (χ1v) is 7.68. The maximum atomic E-state index is 12.5. The highest BCUT2D eigenvalue weighted by Gasteiger charge is 2.29. The zero-order chi connectivity index (χ0) is 13.0. The number of hydrogen-bond acceptors (Lipinski definition) is 1. The summed E-state index contributed by atoms with van der Waals surface area (Å²) < 4.78 is 0.873. The molecule has 0 saturated carbocycles. The van der Waals surface area contributed by atoms with Crippen molar-refractivity contribution in [1.82, 2.24) is 4.90 Å². The molecule has 0 N–H and O–H groups in total. The molecule has 1 aliphatic heterocycles. The van der Waals surface area contributed by atoms with Gasteiger partial charge in [-0.3, -0.25) is 4.79 Å². The van der Waals surface area contributed by atoms with Crippen LogP contribution < -0.4 is 0 Å². The zero-order valence-corrected chi connectivity index (χ0v) is 12.6. The molecule has 4 heteroatoms. The van der Waals surface area contributed by atoms with Gasteiger partial charge in [-0.25, -0.2) is 0 Å². The van der Waals surface area contributed by atoms with Gasteiger partial charge in [-0.1, -0.05) is 12.1 Å². The third kappa shape index (κ3) is 3.07. The van der Waals surface area contributed by atoms with Gasteiger partial charge in [0.05, 0.1) is 5.56 Å². The Labute approximate surface area is 121 Å². The van der Waals surface area contributed by atoms with E-state index in [0.29, 0.717) is 11.9 Å². The summed E-state index contributed by atoms with van der Waals surface area (Å²) >= 11 is 9.19. The Morgan fingerprint density at radius 3 is 2.94 bits per heavy atom. The standard InChI is InChI=1S/C14H17BrClNO/c15-13-8-2-1-7-12(13)14(18)17-10-4-6-11(17)5-3-9-16/h1-2,7-8,11H,3-6,9-10H2. The first kappa shape index (κ1) is 13.9. The van der Waals surface area contributed by atoms with E-state index in [0.717, 1.165) is 42.3 Å². The molecule has 0 aliphatic carbocycles. The molecule has 1 atom stereocenters. The van der Waals surface area contributed by atoms with Gasteiger partial charge in [0.25, 0.3) is 5.91 Å². The topological polar surface area (TPSA) is 20.3 Å². The molecule has 0 radical (unpaired) electrons. The van der Waals surface area contributed by atoms with E-state index < -0.39 is 0 Å². The fourth-order valence-corrected chi connectivity index (χ4v) is 3.11. The van der Waals surface area contributed by atoms with Gasteiger partial charge >= 0.3 is 0 Å². The number of halogens is 2. The summed E-state index contributed by atoms with van der Waals surface area (Å²) in [6.07, 6.45) is 4.20. The number of nitrogens with zero attached hydrogens (tertiary/aromatic N) is 1. The maximum Gasteiger partial charge on any atom is 0.255 e. The van der Waals surface area contributed by atoms with Crippen LogP contribution in [0.2, 0.25) is 0 Å². The summed E-state index contributed by atoms with van der Waals surface area (Å²) in [5.74, 6) is 0.813. The van der Waals surface area contributed by atoms with E-state index in [9.17, 15) is 4.79 Å². The van der Waals surface area contributed by atoms with E-state index in [4.69, 9.17) is 11.6 Å². The monoisotopic (exact) mass is 329 g/mol. The quantitative estimate of drug-likeness (QED) is 0.762. The third-order valence-electron chi connectivity index (χ3n) is 3.41. The number of amides is 1. The fraction of sp³-hybridized carbons (Fsp3) is 0.500. The molecule has 2 rings (SSSR count). The van der Waals surface area contributed by atoms with Crippen molar-refractivity contribution in [1.29, 1.82) is 0 Å². The Morgan fingerprint density at radius 1 is 1.44 bits per heavy atom. The van der Waals surface area contributed by atoms with Crippen molar-refractivity contribution in [2.75, 3.05) is 12.4 Å². The molecule has 1 saturated heterocycles. The SMILES string of the molecule is O=C(c1ccccc1Br)N1CCCC1CCCCl. The van der Waals surface area contributed by atoms with E-state index in [2.05, 4.69) is 15.9 Å². The van der Waals surface area contributed by atoms with Crippen molar-refractivity contribution < 1.29 is 4.79 Å². The number of carbonyl (C=O) groups is 1. The average molecular weight is 331 g/mol. The smallest absolute Gasteiger partial charge is 0.255 e. The van der Waals surface area contributed by atoms with E-state index in [-0.39, 0.29) is 5.91 Å². The van der Waals surface area contributed by atoms with Gasteiger partial charge in [0, 0.05) is 22.9 Å². The number of rotatable bonds is 4. The van der Waals surface area contributed by atoms with Crippen LogP contribution in [-0.4, -0.2) is 29.3 Å². The Bertz CT molecular complexity index is 424. The number of likely N-dealkylation sites (tertiary alicyclic amines) is 1. The van der Waals surface area contributed by atoms with E-state index in [1.54, 1.807) is 0 Å². The highest BCUT2D eigenvalue weighted by atomic mass is 79.9. The van der Waals surface area contributed by atoms with Gasteiger partial charge in [-0.15, -0.1) is 11.6 Å². The number of hydrogen-bond donors (Lipinski definition) is 0. The predicted octanol–water partition coefficient (Wildman–Crippen LogP) is 4.07. The first-order valence-electron chi connectivity index (χ1n) is 6.35. The highest BCUT2D eigenvalue weighted by Crippen LogP contribution is 2.26. The molecule has 1 fully saturated rings. The van der Waals surface area contributed by atoms with Gasteiger partial charge in [0.2, 0.25) is 0 Å². The van der Waals surface area contributed by atoms with Crippen LogP contribution in [0, 0.1) is 0 Å². The molecular formula is C14H17BrClNO.